The number of rotatable bonds is 2. The predicted octanol–water partition coefficient (Wildman–Crippen LogP) is 1.22. The fourth-order valence-corrected chi connectivity index (χ4v) is 2.79. The average molecular weight is 233 g/mol. The Morgan fingerprint density at radius 3 is 2.80 bits per heavy atom. The molecular formula is C9H9F2NO2S. The molecule has 3 atom stereocenters. The van der Waals surface area contributed by atoms with Gasteiger partial charge in [-0.05, 0) is 6.07 Å². The molecule has 0 spiro atoms. The van der Waals surface area contributed by atoms with Gasteiger partial charge in [0, 0.05) is 22.9 Å². The summed E-state index contributed by atoms with van der Waals surface area (Å²) in [5.74, 6) is 0. The van der Waals surface area contributed by atoms with Crippen molar-refractivity contribution in [2.24, 2.45) is 0 Å². The summed E-state index contributed by atoms with van der Waals surface area (Å²) in [4.78, 5) is 4.50. The van der Waals surface area contributed by atoms with E-state index in [0.29, 0.717) is 10.5 Å². The van der Waals surface area contributed by atoms with Crippen LogP contribution >= 0.6 is 11.8 Å². The lowest BCUT2D eigenvalue weighted by Crippen LogP contribution is -2.32. The van der Waals surface area contributed by atoms with Gasteiger partial charge in [0.1, 0.15) is 6.10 Å². The van der Waals surface area contributed by atoms with Crippen molar-refractivity contribution in [2.75, 3.05) is 0 Å². The molecule has 1 aliphatic heterocycles. The molecule has 2 heterocycles. The average Bonchev–Trinajstić information content (AvgIpc) is 2.56. The van der Waals surface area contributed by atoms with Crippen molar-refractivity contribution >= 4 is 11.8 Å². The fourth-order valence-electron chi connectivity index (χ4n) is 1.51. The summed E-state index contributed by atoms with van der Waals surface area (Å²) < 4.78 is 24.6. The number of nitrogens with zero attached hydrogens (tertiary/aromatic N) is 1. The summed E-state index contributed by atoms with van der Waals surface area (Å²) in [5, 5.41) is 18.0. The first-order valence-corrected chi connectivity index (χ1v) is 5.24. The normalized spacial score (nSPS) is 26.7. The van der Waals surface area contributed by atoms with Gasteiger partial charge in [-0.15, -0.1) is 11.8 Å². The highest BCUT2D eigenvalue weighted by atomic mass is 32.2. The summed E-state index contributed by atoms with van der Waals surface area (Å²) in [6.07, 6.45) is -2.79. The van der Waals surface area contributed by atoms with Crippen LogP contribution in [0.5, 0.6) is 0 Å². The highest BCUT2D eigenvalue weighted by Gasteiger charge is 2.40. The molecule has 3 nitrogen and oxygen atoms in total. The van der Waals surface area contributed by atoms with E-state index in [-0.39, 0.29) is 0 Å². The minimum atomic E-state index is -2.85. The van der Waals surface area contributed by atoms with Crippen LogP contribution in [-0.4, -0.2) is 33.0 Å². The maximum Gasteiger partial charge on any atom is 0.265 e. The SMILES string of the molecule is OC1c2cnccc2SC1C(O)C(F)F. The Balaban J connectivity index is 2.23. The molecule has 0 saturated heterocycles. The van der Waals surface area contributed by atoms with E-state index in [2.05, 4.69) is 4.98 Å². The van der Waals surface area contributed by atoms with E-state index in [9.17, 15) is 19.0 Å². The van der Waals surface area contributed by atoms with Gasteiger partial charge in [-0.2, -0.15) is 0 Å². The second kappa shape index (κ2) is 4.03. The third-order valence-corrected chi connectivity index (χ3v) is 3.73. The monoisotopic (exact) mass is 233 g/mol. The first-order chi connectivity index (χ1) is 7.11. The molecule has 3 unspecified atom stereocenters. The molecule has 0 saturated carbocycles. The lowest BCUT2D eigenvalue weighted by molar-refractivity contribution is -0.0256. The number of thioether (sulfide) groups is 1. The Hall–Kier alpha value is -0.720. The Bertz CT molecular complexity index is 364. The molecular weight excluding hydrogens is 224 g/mol. The van der Waals surface area contributed by atoms with Crippen molar-refractivity contribution in [1.29, 1.82) is 0 Å². The molecule has 82 valence electrons. The van der Waals surface area contributed by atoms with Gasteiger partial charge in [0.25, 0.3) is 6.43 Å². The fraction of sp³-hybridized carbons (Fsp3) is 0.444. The van der Waals surface area contributed by atoms with Crippen molar-refractivity contribution in [3.05, 3.63) is 24.0 Å². The molecule has 0 aromatic carbocycles. The van der Waals surface area contributed by atoms with Crippen LogP contribution in [0.1, 0.15) is 11.7 Å². The van der Waals surface area contributed by atoms with Crippen LogP contribution in [0.2, 0.25) is 0 Å². The van der Waals surface area contributed by atoms with Gasteiger partial charge in [-0.3, -0.25) is 4.98 Å². The molecule has 15 heavy (non-hydrogen) atoms. The maximum atomic E-state index is 12.3. The summed E-state index contributed by atoms with van der Waals surface area (Å²) in [7, 11) is 0. The Morgan fingerprint density at radius 2 is 2.20 bits per heavy atom. The van der Waals surface area contributed by atoms with E-state index in [1.165, 1.54) is 12.4 Å². The van der Waals surface area contributed by atoms with Gasteiger partial charge < -0.3 is 10.2 Å². The van der Waals surface area contributed by atoms with Gasteiger partial charge in [0.05, 0.1) is 11.4 Å². The minimum absolute atomic E-state index is 0.507. The number of halogens is 2. The quantitative estimate of drug-likeness (QED) is 0.806. The first kappa shape index (κ1) is 10.8. The van der Waals surface area contributed by atoms with Gasteiger partial charge in [0.2, 0.25) is 0 Å². The number of aliphatic hydroxyl groups is 2. The lowest BCUT2D eigenvalue weighted by Gasteiger charge is -2.19. The zero-order valence-electron chi connectivity index (χ0n) is 7.55. The second-order valence-corrected chi connectivity index (χ2v) is 4.49. The molecule has 1 aromatic rings. The predicted molar refractivity (Wildman–Crippen MR) is 50.9 cm³/mol. The van der Waals surface area contributed by atoms with E-state index in [4.69, 9.17) is 0 Å². The van der Waals surface area contributed by atoms with Crippen LogP contribution in [0.4, 0.5) is 8.78 Å². The molecule has 0 fully saturated rings. The van der Waals surface area contributed by atoms with Gasteiger partial charge in [-0.25, -0.2) is 8.78 Å². The Labute approximate surface area is 89.1 Å². The van der Waals surface area contributed by atoms with Gasteiger partial charge in [-0.1, -0.05) is 0 Å². The number of hydrogen-bond donors (Lipinski definition) is 2. The molecule has 0 radical (unpaired) electrons. The summed E-state index contributed by atoms with van der Waals surface area (Å²) >= 11 is 1.06. The molecule has 0 aliphatic carbocycles. The number of hydrogen-bond acceptors (Lipinski definition) is 4. The van der Waals surface area contributed by atoms with E-state index < -0.39 is 23.9 Å². The van der Waals surface area contributed by atoms with Crippen LogP contribution in [-0.2, 0) is 0 Å². The lowest BCUT2D eigenvalue weighted by atomic mass is 10.1. The van der Waals surface area contributed by atoms with Gasteiger partial charge in [0.15, 0.2) is 0 Å². The Morgan fingerprint density at radius 1 is 1.47 bits per heavy atom. The molecule has 0 bridgehead atoms. The molecule has 1 aromatic heterocycles. The van der Waals surface area contributed by atoms with Crippen LogP contribution in [0, 0.1) is 0 Å². The zero-order valence-corrected chi connectivity index (χ0v) is 8.36. The molecule has 0 amide bonds. The van der Waals surface area contributed by atoms with Gasteiger partial charge >= 0.3 is 0 Å². The topological polar surface area (TPSA) is 53.4 Å². The number of aliphatic hydroxyl groups excluding tert-OH is 2. The Kier molecular flexibility index (Phi) is 2.90. The number of aromatic nitrogens is 1. The van der Waals surface area contributed by atoms with Crippen molar-refractivity contribution < 1.29 is 19.0 Å². The van der Waals surface area contributed by atoms with Crippen molar-refractivity contribution in [3.8, 4) is 0 Å². The molecule has 6 heteroatoms. The highest BCUT2D eigenvalue weighted by molar-refractivity contribution is 8.00. The number of pyridine rings is 1. The molecule has 1 aliphatic rings. The van der Waals surface area contributed by atoms with Crippen molar-refractivity contribution in [2.45, 2.75) is 28.8 Å². The van der Waals surface area contributed by atoms with Crippen molar-refractivity contribution in [3.63, 3.8) is 0 Å². The number of alkyl halides is 2. The van der Waals surface area contributed by atoms with Crippen LogP contribution in [0.15, 0.2) is 23.4 Å². The maximum absolute atomic E-state index is 12.3. The van der Waals surface area contributed by atoms with Crippen molar-refractivity contribution in [1.82, 2.24) is 4.98 Å². The summed E-state index contributed by atoms with van der Waals surface area (Å²) in [6.45, 7) is 0. The third kappa shape index (κ3) is 1.84. The second-order valence-electron chi connectivity index (χ2n) is 3.27. The highest BCUT2D eigenvalue weighted by Crippen LogP contribution is 2.45. The zero-order chi connectivity index (χ0) is 11.0. The van der Waals surface area contributed by atoms with Crippen LogP contribution < -0.4 is 0 Å². The van der Waals surface area contributed by atoms with E-state index in [0.717, 1.165) is 11.8 Å². The first-order valence-electron chi connectivity index (χ1n) is 4.36. The summed E-state index contributed by atoms with van der Waals surface area (Å²) in [6, 6.07) is 1.64. The molecule has 2 rings (SSSR count). The minimum Gasteiger partial charge on any atom is -0.387 e. The van der Waals surface area contributed by atoms with Crippen LogP contribution in [0.3, 0.4) is 0 Å². The molecule has 2 N–H and O–H groups in total. The smallest absolute Gasteiger partial charge is 0.265 e. The van der Waals surface area contributed by atoms with Crippen LogP contribution in [0.25, 0.3) is 0 Å². The number of fused-ring (bicyclic) bond motifs is 1. The van der Waals surface area contributed by atoms with E-state index in [1.807, 2.05) is 0 Å². The summed E-state index contributed by atoms with van der Waals surface area (Å²) in [5.41, 5.74) is 0.507. The van der Waals surface area contributed by atoms with E-state index in [1.54, 1.807) is 6.07 Å². The van der Waals surface area contributed by atoms with E-state index >= 15 is 0 Å². The third-order valence-electron chi connectivity index (χ3n) is 2.30. The largest absolute Gasteiger partial charge is 0.387 e. The standard InChI is InChI=1S/C9H9F2NO2S/c10-9(11)7(14)8-6(13)4-3-12-2-1-5(4)15-8/h1-3,6-9,13-14H.